The SMILES string of the molecule is CCNCCOc1cc(OC(C)C)ncn1. The third-order valence-corrected chi connectivity index (χ3v) is 1.75. The van der Waals surface area contributed by atoms with E-state index in [0.717, 1.165) is 13.1 Å². The fourth-order valence-corrected chi connectivity index (χ4v) is 1.11. The number of nitrogens with zero attached hydrogens (tertiary/aromatic N) is 2. The summed E-state index contributed by atoms with van der Waals surface area (Å²) in [4.78, 5) is 8.00. The van der Waals surface area contributed by atoms with Crippen molar-refractivity contribution in [2.45, 2.75) is 26.9 Å². The first-order chi connectivity index (χ1) is 7.72. The normalized spacial score (nSPS) is 10.5. The van der Waals surface area contributed by atoms with Gasteiger partial charge < -0.3 is 14.8 Å². The van der Waals surface area contributed by atoms with Crippen molar-refractivity contribution in [3.8, 4) is 11.8 Å². The minimum absolute atomic E-state index is 0.101. The number of hydrogen-bond donors (Lipinski definition) is 1. The summed E-state index contributed by atoms with van der Waals surface area (Å²) in [5.74, 6) is 1.09. The molecule has 1 aromatic rings. The maximum Gasteiger partial charge on any atom is 0.220 e. The third kappa shape index (κ3) is 4.93. The van der Waals surface area contributed by atoms with Gasteiger partial charge in [-0.1, -0.05) is 6.92 Å². The molecule has 5 heteroatoms. The van der Waals surface area contributed by atoms with Crippen LogP contribution in [-0.4, -0.2) is 35.8 Å². The smallest absolute Gasteiger partial charge is 0.220 e. The van der Waals surface area contributed by atoms with Crippen molar-refractivity contribution in [1.29, 1.82) is 0 Å². The molecule has 1 rings (SSSR count). The summed E-state index contributed by atoms with van der Waals surface area (Å²) in [6, 6.07) is 1.70. The van der Waals surface area contributed by atoms with E-state index in [1.165, 1.54) is 6.33 Å². The Morgan fingerprint density at radius 2 is 2.06 bits per heavy atom. The summed E-state index contributed by atoms with van der Waals surface area (Å²) in [5, 5.41) is 3.17. The molecule has 0 fully saturated rings. The van der Waals surface area contributed by atoms with Crippen molar-refractivity contribution >= 4 is 0 Å². The summed E-state index contributed by atoms with van der Waals surface area (Å²) in [6.45, 7) is 8.29. The standard InChI is InChI=1S/C11H19N3O2/c1-4-12-5-6-15-10-7-11(14-8-13-10)16-9(2)3/h7-9,12H,4-6H2,1-3H3. The fraction of sp³-hybridized carbons (Fsp3) is 0.636. The van der Waals surface area contributed by atoms with Gasteiger partial charge in [0, 0.05) is 6.54 Å². The van der Waals surface area contributed by atoms with Crippen molar-refractivity contribution in [2.24, 2.45) is 0 Å². The number of hydrogen-bond acceptors (Lipinski definition) is 5. The molecule has 0 aliphatic carbocycles. The summed E-state index contributed by atoms with van der Waals surface area (Å²) >= 11 is 0. The lowest BCUT2D eigenvalue weighted by atomic mass is 10.5. The second-order valence-corrected chi connectivity index (χ2v) is 3.56. The van der Waals surface area contributed by atoms with E-state index in [-0.39, 0.29) is 6.10 Å². The first kappa shape index (κ1) is 12.7. The Bertz CT molecular complexity index is 305. The lowest BCUT2D eigenvalue weighted by molar-refractivity contribution is 0.228. The molecule has 90 valence electrons. The Morgan fingerprint density at radius 1 is 1.31 bits per heavy atom. The van der Waals surface area contributed by atoms with E-state index in [1.807, 2.05) is 13.8 Å². The highest BCUT2D eigenvalue weighted by Gasteiger charge is 2.02. The van der Waals surface area contributed by atoms with Crippen LogP contribution in [0.15, 0.2) is 12.4 Å². The van der Waals surface area contributed by atoms with Crippen LogP contribution in [0.3, 0.4) is 0 Å². The van der Waals surface area contributed by atoms with Gasteiger partial charge in [-0.25, -0.2) is 9.97 Å². The topological polar surface area (TPSA) is 56.3 Å². The molecular formula is C11H19N3O2. The van der Waals surface area contributed by atoms with Gasteiger partial charge in [0.1, 0.15) is 12.9 Å². The Labute approximate surface area is 96.2 Å². The zero-order valence-corrected chi connectivity index (χ0v) is 10.1. The highest BCUT2D eigenvalue weighted by molar-refractivity contribution is 5.18. The second-order valence-electron chi connectivity index (χ2n) is 3.56. The average Bonchev–Trinajstić information content (AvgIpc) is 2.24. The summed E-state index contributed by atoms with van der Waals surface area (Å²) < 4.78 is 10.9. The molecule has 0 amide bonds. The Kier molecular flexibility index (Phi) is 5.56. The minimum atomic E-state index is 0.101. The molecule has 0 aromatic carbocycles. The largest absolute Gasteiger partial charge is 0.476 e. The van der Waals surface area contributed by atoms with Crippen LogP contribution in [0.2, 0.25) is 0 Å². The number of likely N-dealkylation sites (N-methyl/N-ethyl adjacent to an activating group) is 1. The number of rotatable bonds is 7. The van der Waals surface area contributed by atoms with E-state index in [9.17, 15) is 0 Å². The molecule has 1 N–H and O–H groups in total. The second kappa shape index (κ2) is 7.00. The third-order valence-electron chi connectivity index (χ3n) is 1.75. The van der Waals surface area contributed by atoms with Crippen LogP contribution < -0.4 is 14.8 Å². The van der Waals surface area contributed by atoms with Gasteiger partial charge in [0.25, 0.3) is 0 Å². The molecule has 1 heterocycles. The lowest BCUT2D eigenvalue weighted by Gasteiger charge is -2.09. The van der Waals surface area contributed by atoms with Crippen LogP contribution in [0.25, 0.3) is 0 Å². The molecule has 0 radical (unpaired) electrons. The van der Waals surface area contributed by atoms with E-state index < -0.39 is 0 Å². The molecule has 1 aromatic heterocycles. The molecule has 0 spiro atoms. The van der Waals surface area contributed by atoms with E-state index in [1.54, 1.807) is 6.07 Å². The number of ether oxygens (including phenoxy) is 2. The summed E-state index contributed by atoms with van der Waals surface area (Å²) in [5.41, 5.74) is 0. The number of aromatic nitrogens is 2. The van der Waals surface area contributed by atoms with Gasteiger partial charge in [-0.15, -0.1) is 0 Å². The van der Waals surface area contributed by atoms with E-state index in [4.69, 9.17) is 9.47 Å². The van der Waals surface area contributed by atoms with Gasteiger partial charge in [-0.05, 0) is 20.4 Å². The molecular weight excluding hydrogens is 206 g/mol. The van der Waals surface area contributed by atoms with Gasteiger partial charge in [0.05, 0.1) is 12.2 Å². The molecule has 0 saturated heterocycles. The van der Waals surface area contributed by atoms with Crippen LogP contribution in [0.1, 0.15) is 20.8 Å². The Morgan fingerprint density at radius 3 is 2.75 bits per heavy atom. The van der Waals surface area contributed by atoms with Gasteiger partial charge >= 0.3 is 0 Å². The van der Waals surface area contributed by atoms with Crippen LogP contribution in [-0.2, 0) is 0 Å². The van der Waals surface area contributed by atoms with Crippen molar-refractivity contribution in [2.75, 3.05) is 19.7 Å². The van der Waals surface area contributed by atoms with Crippen molar-refractivity contribution in [3.63, 3.8) is 0 Å². The zero-order valence-electron chi connectivity index (χ0n) is 10.1. The van der Waals surface area contributed by atoms with Crippen LogP contribution >= 0.6 is 0 Å². The number of nitrogens with one attached hydrogen (secondary N) is 1. The van der Waals surface area contributed by atoms with Crippen LogP contribution in [0, 0.1) is 0 Å². The summed E-state index contributed by atoms with van der Waals surface area (Å²) in [6.07, 6.45) is 1.55. The molecule has 0 atom stereocenters. The van der Waals surface area contributed by atoms with E-state index in [2.05, 4.69) is 22.2 Å². The maximum absolute atomic E-state index is 5.44. The quantitative estimate of drug-likeness (QED) is 0.708. The van der Waals surface area contributed by atoms with Gasteiger partial charge in [0.15, 0.2) is 0 Å². The van der Waals surface area contributed by atoms with Gasteiger partial charge in [-0.2, -0.15) is 0 Å². The Hall–Kier alpha value is -1.36. The zero-order chi connectivity index (χ0) is 11.8. The molecule has 5 nitrogen and oxygen atoms in total. The van der Waals surface area contributed by atoms with Gasteiger partial charge in [-0.3, -0.25) is 0 Å². The predicted octanol–water partition coefficient (Wildman–Crippen LogP) is 1.25. The van der Waals surface area contributed by atoms with Crippen LogP contribution in [0.4, 0.5) is 0 Å². The van der Waals surface area contributed by atoms with Crippen molar-refractivity contribution in [1.82, 2.24) is 15.3 Å². The highest BCUT2D eigenvalue weighted by Crippen LogP contribution is 2.13. The molecule has 0 aliphatic rings. The molecule has 0 aliphatic heterocycles. The fourth-order valence-electron chi connectivity index (χ4n) is 1.11. The average molecular weight is 225 g/mol. The first-order valence-corrected chi connectivity index (χ1v) is 5.54. The highest BCUT2D eigenvalue weighted by atomic mass is 16.5. The molecule has 16 heavy (non-hydrogen) atoms. The van der Waals surface area contributed by atoms with E-state index in [0.29, 0.717) is 18.4 Å². The van der Waals surface area contributed by atoms with Crippen molar-refractivity contribution in [3.05, 3.63) is 12.4 Å². The summed E-state index contributed by atoms with van der Waals surface area (Å²) in [7, 11) is 0. The van der Waals surface area contributed by atoms with E-state index >= 15 is 0 Å². The predicted molar refractivity (Wildman–Crippen MR) is 61.8 cm³/mol. The molecule has 0 bridgehead atoms. The lowest BCUT2D eigenvalue weighted by Crippen LogP contribution is -2.20. The first-order valence-electron chi connectivity index (χ1n) is 5.54. The van der Waals surface area contributed by atoms with Crippen LogP contribution in [0.5, 0.6) is 11.8 Å². The van der Waals surface area contributed by atoms with Gasteiger partial charge in [0.2, 0.25) is 11.8 Å². The monoisotopic (exact) mass is 225 g/mol. The maximum atomic E-state index is 5.44. The molecule has 0 unspecified atom stereocenters. The molecule has 0 saturated carbocycles. The Balaban J connectivity index is 2.41. The van der Waals surface area contributed by atoms with Crippen molar-refractivity contribution < 1.29 is 9.47 Å². The minimum Gasteiger partial charge on any atom is -0.476 e.